The molecule has 140 valence electrons. The van der Waals surface area contributed by atoms with Crippen LogP contribution in [0.2, 0.25) is 0 Å². The van der Waals surface area contributed by atoms with Crippen LogP contribution in [-0.4, -0.2) is 38.5 Å². The van der Waals surface area contributed by atoms with E-state index in [9.17, 15) is 17.6 Å². The molecule has 0 aromatic heterocycles. The average Bonchev–Trinajstić information content (AvgIpc) is 2.60. The number of methoxy groups -OCH3 is 1. The highest BCUT2D eigenvalue weighted by Gasteiger charge is 2.22. The van der Waals surface area contributed by atoms with Gasteiger partial charge in [0.05, 0.1) is 19.9 Å². The lowest BCUT2D eigenvalue weighted by molar-refractivity contribution is -0.121. The third-order valence-corrected chi connectivity index (χ3v) is 4.96. The van der Waals surface area contributed by atoms with Gasteiger partial charge in [-0.3, -0.25) is 4.79 Å². The standard InChI is InChI=1S/C18H21FN2O4S/c1-25-17-10-6-4-8-15(17)12-21(26(2,23)24)13-18(22)20-11-14-7-3-5-9-16(14)19/h3-10H,11-13H2,1-2H3,(H,20,22). The molecule has 0 radical (unpaired) electrons. The van der Waals surface area contributed by atoms with Gasteiger partial charge in [-0.2, -0.15) is 4.31 Å². The fourth-order valence-corrected chi connectivity index (χ4v) is 3.09. The van der Waals surface area contributed by atoms with Crippen LogP contribution in [0.4, 0.5) is 4.39 Å². The van der Waals surface area contributed by atoms with Gasteiger partial charge in [0.15, 0.2) is 0 Å². The number of ether oxygens (including phenoxy) is 1. The Morgan fingerprint density at radius 1 is 1.12 bits per heavy atom. The zero-order chi connectivity index (χ0) is 19.2. The van der Waals surface area contributed by atoms with Crippen molar-refractivity contribution < 1.29 is 22.3 Å². The van der Waals surface area contributed by atoms with Crippen molar-refractivity contribution in [3.8, 4) is 5.75 Å². The summed E-state index contributed by atoms with van der Waals surface area (Å²) in [6, 6.07) is 13.0. The SMILES string of the molecule is COc1ccccc1CN(CC(=O)NCc1ccccc1F)S(C)(=O)=O. The monoisotopic (exact) mass is 380 g/mol. The van der Waals surface area contributed by atoms with E-state index in [1.807, 2.05) is 0 Å². The maximum absolute atomic E-state index is 13.6. The van der Waals surface area contributed by atoms with Crippen molar-refractivity contribution in [2.45, 2.75) is 13.1 Å². The number of carbonyl (C=O) groups is 1. The summed E-state index contributed by atoms with van der Waals surface area (Å²) in [6.07, 6.45) is 1.03. The zero-order valence-electron chi connectivity index (χ0n) is 14.6. The Morgan fingerprint density at radius 3 is 2.35 bits per heavy atom. The summed E-state index contributed by atoms with van der Waals surface area (Å²) < 4.78 is 43.9. The summed E-state index contributed by atoms with van der Waals surface area (Å²) >= 11 is 0. The molecule has 0 saturated carbocycles. The zero-order valence-corrected chi connectivity index (χ0v) is 15.4. The summed E-state index contributed by atoms with van der Waals surface area (Å²) in [4.78, 5) is 12.2. The molecule has 8 heteroatoms. The molecule has 0 aliphatic carbocycles. The first-order chi connectivity index (χ1) is 12.3. The van der Waals surface area contributed by atoms with Crippen molar-refractivity contribution in [3.63, 3.8) is 0 Å². The summed E-state index contributed by atoms with van der Waals surface area (Å²) in [5.74, 6) is -0.414. The fraction of sp³-hybridized carbons (Fsp3) is 0.278. The van der Waals surface area contributed by atoms with Crippen LogP contribution in [0.15, 0.2) is 48.5 Å². The minimum absolute atomic E-state index is 0.00400. The van der Waals surface area contributed by atoms with Crippen molar-refractivity contribution in [3.05, 3.63) is 65.5 Å². The van der Waals surface area contributed by atoms with Crippen molar-refractivity contribution in [2.75, 3.05) is 19.9 Å². The molecule has 0 atom stereocenters. The highest BCUT2D eigenvalue weighted by Crippen LogP contribution is 2.20. The highest BCUT2D eigenvalue weighted by molar-refractivity contribution is 7.88. The van der Waals surface area contributed by atoms with Gasteiger partial charge < -0.3 is 10.1 Å². The number of hydrogen-bond acceptors (Lipinski definition) is 4. The van der Waals surface area contributed by atoms with Crippen LogP contribution in [0, 0.1) is 5.82 Å². The maximum atomic E-state index is 13.6. The lowest BCUT2D eigenvalue weighted by Crippen LogP contribution is -2.39. The van der Waals surface area contributed by atoms with Crippen LogP contribution in [0.3, 0.4) is 0 Å². The van der Waals surface area contributed by atoms with Crippen molar-refractivity contribution in [1.29, 1.82) is 0 Å². The van der Waals surface area contributed by atoms with Gasteiger partial charge in [0.2, 0.25) is 15.9 Å². The first kappa shape index (κ1) is 19.9. The van der Waals surface area contributed by atoms with Gasteiger partial charge in [0, 0.05) is 24.2 Å². The molecule has 2 aromatic rings. The fourth-order valence-electron chi connectivity index (χ4n) is 2.37. The normalized spacial score (nSPS) is 11.4. The molecule has 0 unspecified atom stereocenters. The van der Waals surface area contributed by atoms with E-state index in [1.165, 1.54) is 13.2 Å². The molecule has 0 spiro atoms. The first-order valence-corrected chi connectivity index (χ1v) is 9.73. The predicted octanol–water partition coefficient (Wildman–Crippen LogP) is 1.91. The summed E-state index contributed by atoms with van der Waals surface area (Å²) in [5, 5.41) is 2.54. The van der Waals surface area contributed by atoms with E-state index in [0.717, 1.165) is 10.6 Å². The van der Waals surface area contributed by atoms with Gasteiger partial charge >= 0.3 is 0 Å². The minimum atomic E-state index is -3.63. The van der Waals surface area contributed by atoms with Crippen molar-refractivity contribution in [1.82, 2.24) is 9.62 Å². The predicted molar refractivity (Wildman–Crippen MR) is 96.5 cm³/mol. The van der Waals surface area contributed by atoms with Crippen LogP contribution in [0.25, 0.3) is 0 Å². The second-order valence-corrected chi connectivity index (χ2v) is 7.69. The number of benzene rings is 2. The third kappa shape index (κ3) is 5.53. The summed E-state index contributed by atoms with van der Waals surface area (Å²) in [7, 11) is -2.14. The Balaban J connectivity index is 2.06. The molecular weight excluding hydrogens is 359 g/mol. The molecule has 26 heavy (non-hydrogen) atoms. The number of para-hydroxylation sites is 1. The average molecular weight is 380 g/mol. The largest absolute Gasteiger partial charge is 0.496 e. The molecule has 0 bridgehead atoms. The molecule has 0 fully saturated rings. The summed E-state index contributed by atoms with van der Waals surface area (Å²) in [5.41, 5.74) is 0.971. The number of hydrogen-bond donors (Lipinski definition) is 1. The Kier molecular flexibility index (Phi) is 6.70. The van der Waals surface area contributed by atoms with E-state index in [-0.39, 0.29) is 19.6 Å². The highest BCUT2D eigenvalue weighted by atomic mass is 32.2. The lowest BCUT2D eigenvalue weighted by atomic mass is 10.2. The molecule has 0 saturated heterocycles. The number of sulfonamides is 1. The van der Waals surface area contributed by atoms with Gasteiger partial charge in [-0.25, -0.2) is 12.8 Å². The Bertz CT molecular complexity index is 871. The first-order valence-electron chi connectivity index (χ1n) is 7.88. The van der Waals surface area contributed by atoms with Crippen LogP contribution in [0.5, 0.6) is 5.75 Å². The van der Waals surface area contributed by atoms with E-state index in [1.54, 1.807) is 42.5 Å². The van der Waals surface area contributed by atoms with Gasteiger partial charge in [0.1, 0.15) is 11.6 Å². The Labute approximate surface area is 152 Å². The quantitative estimate of drug-likeness (QED) is 0.759. The number of nitrogens with one attached hydrogen (secondary N) is 1. The Hall–Kier alpha value is -2.45. The maximum Gasteiger partial charge on any atom is 0.235 e. The smallest absolute Gasteiger partial charge is 0.235 e. The van der Waals surface area contributed by atoms with Gasteiger partial charge in [-0.15, -0.1) is 0 Å². The molecule has 0 heterocycles. The van der Waals surface area contributed by atoms with E-state index < -0.39 is 21.7 Å². The third-order valence-electron chi connectivity index (χ3n) is 3.76. The molecule has 0 aliphatic rings. The number of nitrogens with zero attached hydrogens (tertiary/aromatic N) is 1. The number of rotatable bonds is 8. The van der Waals surface area contributed by atoms with Gasteiger partial charge in [0.25, 0.3) is 0 Å². The number of amides is 1. The molecule has 2 rings (SSSR count). The van der Waals surface area contributed by atoms with E-state index in [4.69, 9.17) is 4.74 Å². The van der Waals surface area contributed by atoms with Crippen LogP contribution < -0.4 is 10.1 Å². The van der Waals surface area contributed by atoms with E-state index in [2.05, 4.69) is 5.32 Å². The molecule has 1 amide bonds. The Morgan fingerprint density at radius 2 is 1.73 bits per heavy atom. The second-order valence-electron chi connectivity index (χ2n) is 5.71. The molecular formula is C18H21FN2O4S. The van der Waals surface area contributed by atoms with Crippen LogP contribution in [-0.2, 0) is 27.9 Å². The van der Waals surface area contributed by atoms with Crippen LogP contribution in [0.1, 0.15) is 11.1 Å². The minimum Gasteiger partial charge on any atom is -0.496 e. The van der Waals surface area contributed by atoms with Crippen molar-refractivity contribution in [2.24, 2.45) is 0 Å². The number of halogens is 1. The number of carbonyl (C=O) groups excluding carboxylic acids is 1. The second kappa shape index (κ2) is 8.77. The van der Waals surface area contributed by atoms with Gasteiger partial charge in [-0.1, -0.05) is 36.4 Å². The topological polar surface area (TPSA) is 75.7 Å². The van der Waals surface area contributed by atoms with Crippen molar-refractivity contribution >= 4 is 15.9 Å². The van der Waals surface area contributed by atoms with Crippen LogP contribution >= 0.6 is 0 Å². The molecule has 0 aliphatic heterocycles. The summed E-state index contributed by atoms with van der Waals surface area (Å²) in [6.45, 7) is -0.390. The molecule has 6 nitrogen and oxygen atoms in total. The lowest BCUT2D eigenvalue weighted by Gasteiger charge is -2.20. The van der Waals surface area contributed by atoms with Gasteiger partial charge in [-0.05, 0) is 12.1 Å². The molecule has 2 aromatic carbocycles. The molecule has 1 N–H and O–H groups in total. The van der Waals surface area contributed by atoms with E-state index >= 15 is 0 Å². The van der Waals surface area contributed by atoms with E-state index in [0.29, 0.717) is 16.9 Å².